The predicted molar refractivity (Wildman–Crippen MR) is 611 cm³/mol. The molecule has 5 atom stereocenters. The molecule has 0 fully saturated rings. The first-order chi connectivity index (χ1) is 70.4. The number of fused-ring (bicyclic) bond motifs is 5. The number of carboxylic acids is 1. The highest BCUT2D eigenvalue weighted by atomic mass is 35.5. The van der Waals surface area contributed by atoms with Crippen molar-refractivity contribution in [2.24, 2.45) is 0 Å². The average molecular weight is 2100 g/mol. The Morgan fingerprint density at radius 1 is 0.300 bits per heavy atom. The summed E-state index contributed by atoms with van der Waals surface area (Å²) in [5.74, 6) is -1.25. The van der Waals surface area contributed by atoms with E-state index in [0.29, 0.717) is 64.4 Å². The van der Waals surface area contributed by atoms with E-state index in [1.54, 1.807) is 80.3 Å². The zero-order valence-electron chi connectivity index (χ0n) is 89.3. The van der Waals surface area contributed by atoms with E-state index in [1.807, 2.05) is 337 Å². The molecule has 13 nitrogen and oxygen atoms in total. The molecule has 1 N–H and O–H groups in total. The molecule has 0 bridgehead atoms. The number of hydrogen-bond donors (Lipinski definition) is 1. The third-order valence-corrected chi connectivity index (χ3v) is 30.9. The summed E-state index contributed by atoms with van der Waals surface area (Å²) in [6.45, 7) is 48.5. The number of aryl methyl sites for hydroxylation is 5. The van der Waals surface area contributed by atoms with Gasteiger partial charge >= 0.3 is 5.97 Å². The van der Waals surface area contributed by atoms with Gasteiger partial charge in [0, 0.05) is 42.8 Å². The van der Waals surface area contributed by atoms with Crippen LogP contribution in [0.15, 0.2) is 315 Å². The highest BCUT2D eigenvalue weighted by Crippen LogP contribution is 2.58. The van der Waals surface area contributed by atoms with E-state index in [0.717, 1.165) is 118 Å². The van der Waals surface area contributed by atoms with Crippen molar-refractivity contribution in [1.82, 2.24) is 0 Å². The summed E-state index contributed by atoms with van der Waals surface area (Å²) in [4.78, 5) is 89.8. The van der Waals surface area contributed by atoms with Gasteiger partial charge in [-0.1, -0.05) is 316 Å². The van der Waals surface area contributed by atoms with Crippen LogP contribution in [0, 0.1) is 46.3 Å². The molecule has 0 radical (unpaired) electrons. The molecule has 15 aromatic rings. The highest BCUT2D eigenvalue weighted by Gasteiger charge is 2.56. The SMILES string of the molecule is CC(C)(C)c1ccc(C2(C)C(=O)N(c3ccccc3C(=O)O)c3ccc(Cl)cc32)cc1.Cc1ccc(N2C(=O)C(C)(c3ccc(OC(C)C)cc3)c3cc(Cl)ccc32)cc1.Cc1cccc(N2C(=O)C(C)(c3ccc(C(C)(C)C)c(F)c3)c3cc(C)ccc32)c1.Cc1cccc(N2C(=O)C(C)(c3ccc(C(C)(C)C)c(F)c3)c3ccc(Cl)cc32)c1.Cc1cccc(N2C(=O)C(C)(c3ccc(C(C)(C)C)cc3)c3cc(Cl)cc(Cl)c32)c1. The second-order valence-electron chi connectivity index (χ2n) is 45.0. The average Bonchev–Trinajstić information content (AvgIpc) is 1.55. The fourth-order valence-corrected chi connectivity index (χ4v) is 22.2. The summed E-state index contributed by atoms with van der Waals surface area (Å²) >= 11 is 32.0. The summed E-state index contributed by atoms with van der Waals surface area (Å²) in [6.07, 6.45) is 0.0983. The first-order valence-corrected chi connectivity index (χ1v) is 52.3. The van der Waals surface area contributed by atoms with E-state index in [2.05, 4.69) is 71.9 Å². The number of carbonyl (C=O) groups excluding carboxylic acids is 5. The van der Waals surface area contributed by atoms with Gasteiger partial charge in [0.2, 0.25) is 29.5 Å². The summed E-state index contributed by atoms with van der Waals surface area (Å²) in [7, 11) is 0. The third-order valence-electron chi connectivity index (χ3n) is 29.7. The van der Waals surface area contributed by atoms with Crippen molar-refractivity contribution >= 4 is 150 Å². The van der Waals surface area contributed by atoms with E-state index in [9.17, 15) is 33.9 Å². The maximum absolute atomic E-state index is 15.1. The standard InChI is InChI=1S/C27H28FNO.C26H25Cl2NO.C26H25ClFNO.C26H24ClNO3.C25H24ClNO2/c1-17-8-7-9-20(14-17)29-24-13-10-18(2)15-22(24)27(6,25(29)30)19-11-12-21(23(28)16-19)26(3,4)5;1-16-7-6-8-20(13-16)29-23-21(14-19(27)15-22(23)28)26(5,24(29)30)18-11-9-17(10-12-18)25(2,3)4;1-16-7-6-8-19(13-16)29-23-15-18(27)10-12-21(23)26(5,24(29)30)17-9-11-20(22(28)14-17)25(2,3)4;1-25(2,3)16-9-11-17(12-10-16)26(4)20-15-18(27)13-14-22(20)28(24(26)31)21-8-6-5-7-19(21)23(29)30;1-16(2)29-21-12-7-18(8-13-21)25(4)22-15-19(26)9-14-23(22)27(24(25)28)20-10-5-17(3)6-11-20/h7-16H,1-6H3;2*6-15H,1-5H3;5-15H,1-4H3,(H,29,30);5-16H,1-4H3. The minimum atomic E-state index is -1.08. The number of rotatable bonds is 13. The number of para-hydroxylation sites is 1. The zero-order chi connectivity index (χ0) is 109. The number of ether oxygens (including phenoxy) is 1. The predicted octanol–water partition coefficient (Wildman–Crippen LogP) is 34.1. The smallest absolute Gasteiger partial charge is 0.337 e. The first kappa shape index (κ1) is 109. The van der Waals surface area contributed by atoms with E-state index < -0.39 is 33.0 Å². The lowest BCUT2D eigenvalue weighted by Gasteiger charge is -2.27. The van der Waals surface area contributed by atoms with Crippen LogP contribution >= 0.6 is 58.0 Å². The Morgan fingerprint density at radius 3 is 1.08 bits per heavy atom. The lowest BCUT2D eigenvalue weighted by molar-refractivity contribution is -0.121. The van der Waals surface area contributed by atoms with Gasteiger partial charge in [-0.05, 0) is 351 Å². The molecular weight excluding hydrogens is 1970 g/mol. The van der Waals surface area contributed by atoms with E-state index in [1.165, 1.54) is 28.2 Å². The highest BCUT2D eigenvalue weighted by molar-refractivity contribution is 6.39. The number of halogens is 7. The van der Waals surface area contributed by atoms with Crippen LogP contribution in [0.1, 0.15) is 248 Å². The van der Waals surface area contributed by atoms with Crippen LogP contribution in [-0.2, 0) is 72.7 Å². The molecule has 150 heavy (non-hydrogen) atoms. The minimum absolute atomic E-state index is 0.00714. The van der Waals surface area contributed by atoms with Crippen LogP contribution in [0.5, 0.6) is 5.75 Å². The molecule has 768 valence electrons. The van der Waals surface area contributed by atoms with Gasteiger partial charge in [0.1, 0.15) is 17.4 Å². The Hall–Kier alpha value is -13.8. The summed E-state index contributed by atoms with van der Waals surface area (Å²) < 4.78 is 35.9. The Labute approximate surface area is 905 Å². The monoisotopic (exact) mass is 2100 g/mol. The van der Waals surface area contributed by atoms with Gasteiger partial charge in [-0.2, -0.15) is 0 Å². The fourth-order valence-electron chi connectivity index (χ4n) is 21.1. The van der Waals surface area contributed by atoms with Crippen LogP contribution in [0.4, 0.5) is 65.7 Å². The number of carbonyl (C=O) groups is 6. The number of aromatic carboxylic acids is 1. The molecule has 0 saturated heterocycles. The van der Waals surface area contributed by atoms with Crippen molar-refractivity contribution in [1.29, 1.82) is 0 Å². The summed E-state index contributed by atoms with van der Waals surface area (Å²) in [6, 6.07) is 98.9. The Balaban J connectivity index is 0.000000133. The maximum Gasteiger partial charge on any atom is 0.337 e. The van der Waals surface area contributed by atoms with Crippen LogP contribution in [0.25, 0.3) is 0 Å². The normalized spacial score (nSPS) is 18.5. The van der Waals surface area contributed by atoms with Crippen LogP contribution in [0.2, 0.25) is 25.1 Å². The van der Waals surface area contributed by atoms with Crippen molar-refractivity contribution in [3.05, 3.63) is 463 Å². The molecule has 20 rings (SSSR count). The van der Waals surface area contributed by atoms with Gasteiger partial charge in [-0.15, -0.1) is 0 Å². The summed E-state index contributed by atoms with van der Waals surface area (Å²) in [5.41, 5.74) is 19.6. The second kappa shape index (κ2) is 41.2. The molecule has 5 unspecified atom stereocenters. The van der Waals surface area contributed by atoms with Crippen molar-refractivity contribution < 1.29 is 47.4 Å². The number of carboxylic acid groups (broad SMARTS) is 1. The van der Waals surface area contributed by atoms with Crippen LogP contribution < -0.4 is 29.2 Å². The van der Waals surface area contributed by atoms with Gasteiger partial charge in [0.15, 0.2) is 0 Å². The largest absolute Gasteiger partial charge is 0.491 e. The lowest BCUT2D eigenvalue weighted by atomic mass is 9.75. The number of hydrogen-bond acceptors (Lipinski definition) is 7. The molecule has 5 aliphatic heterocycles. The van der Waals surface area contributed by atoms with Crippen LogP contribution in [0.3, 0.4) is 0 Å². The van der Waals surface area contributed by atoms with Gasteiger partial charge in [-0.3, -0.25) is 48.5 Å². The molecule has 0 aromatic heterocycles. The van der Waals surface area contributed by atoms with Crippen LogP contribution in [-0.4, -0.2) is 46.7 Å². The van der Waals surface area contributed by atoms with Gasteiger partial charge < -0.3 is 9.84 Å². The summed E-state index contributed by atoms with van der Waals surface area (Å²) in [5, 5.41) is 12.4. The maximum atomic E-state index is 15.1. The molecule has 15 aromatic carbocycles. The quantitative estimate of drug-likeness (QED) is 0.120. The zero-order valence-corrected chi connectivity index (χ0v) is 93.1. The van der Waals surface area contributed by atoms with Gasteiger partial charge in [-0.25, -0.2) is 13.6 Å². The molecule has 5 amide bonds. The lowest BCUT2D eigenvalue weighted by Crippen LogP contribution is -2.37. The number of nitrogens with zero attached hydrogens (tertiary/aromatic N) is 5. The number of benzene rings is 15. The van der Waals surface area contributed by atoms with Crippen molar-refractivity contribution in [3.63, 3.8) is 0 Å². The Bertz CT molecular complexity index is 7850. The topological polar surface area (TPSA) is 148 Å². The van der Waals surface area contributed by atoms with Crippen molar-refractivity contribution in [3.8, 4) is 5.75 Å². The molecule has 0 saturated carbocycles. The van der Waals surface area contributed by atoms with E-state index in [4.69, 9.17) is 62.7 Å². The molecule has 20 heteroatoms. The third kappa shape index (κ3) is 20.2. The number of amides is 5. The fraction of sp³-hybridized carbons (Fsp3) is 0.262. The molecular formula is C130H126Cl5F2N5O8. The minimum Gasteiger partial charge on any atom is -0.491 e. The molecule has 0 aliphatic carbocycles. The van der Waals surface area contributed by atoms with Gasteiger partial charge in [0.25, 0.3) is 0 Å². The van der Waals surface area contributed by atoms with Crippen molar-refractivity contribution in [2.45, 2.75) is 221 Å². The Kier molecular flexibility index (Phi) is 29.9. The van der Waals surface area contributed by atoms with E-state index in [-0.39, 0.29) is 74.5 Å². The first-order valence-electron chi connectivity index (χ1n) is 50.4. The number of anilines is 10. The molecule has 0 spiro atoms. The second-order valence-corrected chi connectivity index (χ2v) is 47.2. The Morgan fingerprint density at radius 2 is 0.647 bits per heavy atom. The van der Waals surface area contributed by atoms with Gasteiger partial charge in [0.05, 0.1) is 77.9 Å². The molecule has 5 heterocycles. The molecule has 5 aliphatic rings. The van der Waals surface area contributed by atoms with E-state index >= 15 is 8.78 Å². The van der Waals surface area contributed by atoms with Crippen molar-refractivity contribution in [2.75, 3.05) is 24.5 Å².